The fourth-order valence-corrected chi connectivity index (χ4v) is 5.07. The maximum absolute atomic E-state index is 10.1. The van der Waals surface area contributed by atoms with Crippen LogP contribution in [0.2, 0.25) is 0 Å². The van der Waals surface area contributed by atoms with Crippen LogP contribution in [-0.2, 0) is 11.3 Å². The Morgan fingerprint density at radius 3 is 2.60 bits per heavy atom. The highest BCUT2D eigenvalue weighted by atomic mass is 16.5. The van der Waals surface area contributed by atoms with Crippen molar-refractivity contribution >= 4 is 0 Å². The van der Waals surface area contributed by atoms with Gasteiger partial charge in [0.2, 0.25) is 0 Å². The van der Waals surface area contributed by atoms with Crippen LogP contribution in [0, 0.1) is 0 Å². The molecule has 4 rings (SSSR count). The van der Waals surface area contributed by atoms with Crippen molar-refractivity contribution in [2.45, 2.75) is 81.8 Å². The molecule has 0 unspecified atom stereocenters. The highest BCUT2D eigenvalue weighted by Gasteiger charge is 2.50. The Morgan fingerprint density at radius 2 is 1.88 bits per heavy atom. The molecule has 1 aliphatic heterocycles. The van der Waals surface area contributed by atoms with Gasteiger partial charge in [-0.2, -0.15) is 0 Å². The molecule has 2 saturated carbocycles. The maximum Gasteiger partial charge on any atom is 0.119 e. The Labute approximate surface area is 151 Å². The molecule has 1 aromatic carbocycles. The molecule has 1 aromatic rings. The van der Waals surface area contributed by atoms with E-state index in [4.69, 9.17) is 9.47 Å². The number of rotatable bonds is 5. The Bertz CT molecular complexity index is 569. The van der Waals surface area contributed by atoms with Crippen molar-refractivity contribution in [3.8, 4) is 5.75 Å². The first-order chi connectivity index (χ1) is 12.2. The quantitative estimate of drug-likeness (QED) is 0.887. The summed E-state index contributed by atoms with van der Waals surface area (Å²) in [6.45, 7) is 1.97. The molecule has 3 aliphatic rings. The number of hydrogen-bond acceptors (Lipinski definition) is 4. The zero-order valence-corrected chi connectivity index (χ0v) is 15.3. The summed E-state index contributed by atoms with van der Waals surface area (Å²) >= 11 is 0. The predicted molar refractivity (Wildman–Crippen MR) is 97.7 cm³/mol. The lowest BCUT2D eigenvalue weighted by Gasteiger charge is -2.42. The lowest BCUT2D eigenvalue weighted by atomic mass is 9.79. The van der Waals surface area contributed by atoms with Gasteiger partial charge in [0.1, 0.15) is 5.75 Å². The minimum Gasteiger partial charge on any atom is -0.490 e. The van der Waals surface area contributed by atoms with Gasteiger partial charge in [0, 0.05) is 26.2 Å². The molecule has 1 N–H and O–H groups in total. The monoisotopic (exact) mass is 345 g/mol. The topological polar surface area (TPSA) is 41.9 Å². The average Bonchev–Trinajstić information content (AvgIpc) is 3.26. The molecule has 138 valence electrons. The first-order valence-corrected chi connectivity index (χ1v) is 9.91. The van der Waals surface area contributed by atoms with Crippen LogP contribution in [-0.4, -0.2) is 47.5 Å². The van der Waals surface area contributed by atoms with Gasteiger partial charge in [-0.1, -0.05) is 12.1 Å². The van der Waals surface area contributed by atoms with Gasteiger partial charge in [-0.15, -0.1) is 0 Å². The van der Waals surface area contributed by atoms with Crippen LogP contribution in [0.25, 0.3) is 0 Å². The summed E-state index contributed by atoms with van der Waals surface area (Å²) in [7, 11) is 1.84. The van der Waals surface area contributed by atoms with Crippen molar-refractivity contribution in [2.75, 3.05) is 13.7 Å². The van der Waals surface area contributed by atoms with E-state index in [1.165, 1.54) is 31.2 Å². The van der Waals surface area contributed by atoms with Crippen LogP contribution < -0.4 is 4.74 Å². The number of hydrogen-bond donors (Lipinski definition) is 1. The number of likely N-dealkylation sites (tertiary alicyclic amines) is 1. The van der Waals surface area contributed by atoms with Gasteiger partial charge < -0.3 is 14.6 Å². The van der Waals surface area contributed by atoms with Crippen LogP contribution in [0.1, 0.15) is 56.9 Å². The van der Waals surface area contributed by atoms with E-state index in [1.54, 1.807) is 0 Å². The van der Waals surface area contributed by atoms with Crippen molar-refractivity contribution in [3.05, 3.63) is 29.8 Å². The van der Waals surface area contributed by atoms with E-state index in [1.807, 2.05) is 7.11 Å². The Kier molecular flexibility index (Phi) is 5.03. The average molecular weight is 345 g/mol. The summed E-state index contributed by atoms with van der Waals surface area (Å²) in [5, 5.41) is 10.1. The smallest absolute Gasteiger partial charge is 0.119 e. The van der Waals surface area contributed by atoms with Gasteiger partial charge in [0.05, 0.1) is 17.8 Å². The molecule has 1 heterocycles. The van der Waals surface area contributed by atoms with Gasteiger partial charge >= 0.3 is 0 Å². The van der Waals surface area contributed by atoms with Crippen molar-refractivity contribution in [2.24, 2.45) is 0 Å². The second kappa shape index (κ2) is 7.26. The number of aliphatic hydroxyl groups is 1. The number of benzene rings is 1. The summed E-state index contributed by atoms with van der Waals surface area (Å²) in [5.74, 6) is 0.997. The Morgan fingerprint density at radius 1 is 1.12 bits per heavy atom. The molecule has 3 fully saturated rings. The lowest BCUT2D eigenvalue weighted by Crippen LogP contribution is -2.51. The molecule has 25 heavy (non-hydrogen) atoms. The third-order valence-electron chi connectivity index (χ3n) is 6.59. The number of aliphatic hydroxyl groups excluding tert-OH is 1. The van der Waals surface area contributed by atoms with Crippen molar-refractivity contribution in [3.63, 3.8) is 0 Å². The zero-order valence-electron chi connectivity index (χ0n) is 15.3. The number of methoxy groups -OCH3 is 1. The minimum absolute atomic E-state index is 0.0508. The molecular formula is C21H31NO3. The Hall–Kier alpha value is -1.10. The lowest BCUT2D eigenvalue weighted by molar-refractivity contribution is -0.0879. The molecule has 0 radical (unpaired) electrons. The van der Waals surface area contributed by atoms with Crippen LogP contribution in [0.4, 0.5) is 0 Å². The molecule has 0 amide bonds. The van der Waals surface area contributed by atoms with Gasteiger partial charge in [-0.3, -0.25) is 4.90 Å². The van der Waals surface area contributed by atoms with Crippen LogP contribution >= 0.6 is 0 Å². The zero-order chi connectivity index (χ0) is 17.3. The molecule has 0 spiro atoms. The van der Waals surface area contributed by atoms with Crippen molar-refractivity contribution in [1.82, 2.24) is 4.90 Å². The Balaban J connectivity index is 1.39. The molecule has 3 atom stereocenters. The largest absolute Gasteiger partial charge is 0.490 e. The summed E-state index contributed by atoms with van der Waals surface area (Å²) in [6.07, 6.45) is 8.95. The van der Waals surface area contributed by atoms with E-state index in [0.717, 1.165) is 44.5 Å². The second-order valence-corrected chi connectivity index (χ2v) is 8.10. The number of fused-ring (bicyclic) bond motifs is 1. The molecule has 0 aromatic heterocycles. The van der Waals surface area contributed by atoms with E-state index in [-0.39, 0.29) is 11.7 Å². The third kappa shape index (κ3) is 3.57. The van der Waals surface area contributed by atoms with E-state index in [9.17, 15) is 5.11 Å². The number of ether oxygens (including phenoxy) is 2. The summed E-state index contributed by atoms with van der Waals surface area (Å²) in [5.41, 5.74) is 1.26. The third-order valence-corrected chi connectivity index (χ3v) is 6.59. The SMILES string of the molecule is CO[C@]12CC[C@H](O)C[C@H]1N(Cc1ccc(OC3CCCC3)cc1)CC2. The summed E-state index contributed by atoms with van der Waals surface area (Å²) in [4.78, 5) is 2.50. The highest BCUT2D eigenvalue weighted by Crippen LogP contribution is 2.43. The standard InChI is InChI=1S/C21H31NO3/c1-24-21-11-10-17(23)14-20(21)22(13-12-21)15-16-6-8-19(9-7-16)25-18-4-2-3-5-18/h6-9,17-18,20,23H,2-5,10-15H2,1H3/t17-,20+,21-/m0/s1. The molecule has 0 bridgehead atoms. The summed E-state index contributed by atoms with van der Waals surface area (Å²) < 4.78 is 12.0. The first kappa shape index (κ1) is 17.3. The fraction of sp³-hybridized carbons (Fsp3) is 0.714. The highest BCUT2D eigenvalue weighted by molar-refractivity contribution is 5.28. The van der Waals surface area contributed by atoms with Gasteiger partial charge in [-0.05, 0) is 69.1 Å². The summed E-state index contributed by atoms with van der Waals surface area (Å²) in [6, 6.07) is 8.94. The molecule has 1 saturated heterocycles. The van der Waals surface area contributed by atoms with Crippen LogP contribution in [0.5, 0.6) is 5.75 Å². The van der Waals surface area contributed by atoms with E-state index >= 15 is 0 Å². The number of nitrogens with zero attached hydrogens (tertiary/aromatic N) is 1. The van der Waals surface area contributed by atoms with Crippen LogP contribution in [0.15, 0.2) is 24.3 Å². The second-order valence-electron chi connectivity index (χ2n) is 8.10. The van der Waals surface area contributed by atoms with E-state index in [0.29, 0.717) is 12.1 Å². The fourth-order valence-electron chi connectivity index (χ4n) is 5.07. The van der Waals surface area contributed by atoms with Crippen molar-refractivity contribution in [1.29, 1.82) is 0 Å². The van der Waals surface area contributed by atoms with E-state index in [2.05, 4.69) is 29.2 Å². The predicted octanol–water partition coefficient (Wildman–Crippen LogP) is 3.51. The van der Waals surface area contributed by atoms with Gasteiger partial charge in [-0.25, -0.2) is 0 Å². The van der Waals surface area contributed by atoms with Gasteiger partial charge in [0.15, 0.2) is 0 Å². The minimum atomic E-state index is -0.184. The normalized spacial score (nSPS) is 33.5. The van der Waals surface area contributed by atoms with Crippen LogP contribution in [0.3, 0.4) is 0 Å². The first-order valence-electron chi connectivity index (χ1n) is 9.91. The van der Waals surface area contributed by atoms with E-state index < -0.39 is 0 Å². The maximum atomic E-state index is 10.1. The molecular weight excluding hydrogens is 314 g/mol. The molecule has 2 aliphatic carbocycles. The molecule has 4 nitrogen and oxygen atoms in total. The molecule has 4 heteroatoms. The van der Waals surface area contributed by atoms with Crippen molar-refractivity contribution < 1.29 is 14.6 Å². The van der Waals surface area contributed by atoms with Gasteiger partial charge in [0.25, 0.3) is 0 Å².